The molecule has 25 heavy (non-hydrogen) atoms. The van der Waals surface area contributed by atoms with Gasteiger partial charge in [-0.3, -0.25) is 14.4 Å². The first kappa shape index (κ1) is 20.3. The lowest BCUT2D eigenvalue weighted by molar-refractivity contribution is -0.141. The van der Waals surface area contributed by atoms with Gasteiger partial charge in [0.25, 0.3) is 5.91 Å². The SMILES string of the molecule is COC(=O)CNC(=O)[C@H](NC(=O)c1cc(OC)cc(OC)c1)C(C)C. The van der Waals surface area contributed by atoms with E-state index >= 15 is 0 Å². The van der Waals surface area contributed by atoms with Gasteiger partial charge in [-0.15, -0.1) is 0 Å². The molecule has 0 fully saturated rings. The molecule has 1 atom stereocenters. The van der Waals surface area contributed by atoms with Gasteiger partial charge in [0.15, 0.2) is 0 Å². The number of amides is 2. The van der Waals surface area contributed by atoms with Crippen molar-refractivity contribution in [3.63, 3.8) is 0 Å². The molecule has 0 saturated heterocycles. The lowest BCUT2D eigenvalue weighted by Crippen LogP contribution is -2.50. The van der Waals surface area contributed by atoms with E-state index in [1.54, 1.807) is 32.0 Å². The summed E-state index contributed by atoms with van der Waals surface area (Å²) in [6, 6.07) is 3.91. The normalized spacial score (nSPS) is 11.4. The molecule has 0 aliphatic carbocycles. The van der Waals surface area contributed by atoms with Gasteiger partial charge < -0.3 is 24.8 Å². The monoisotopic (exact) mass is 352 g/mol. The van der Waals surface area contributed by atoms with Crippen LogP contribution in [0.5, 0.6) is 11.5 Å². The summed E-state index contributed by atoms with van der Waals surface area (Å²) in [5.74, 6) is -0.761. The van der Waals surface area contributed by atoms with Crippen molar-refractivity contribution in [2.24, 2.45) is 5.92 Å². The predicted octanol–water partition coefficient (Wildman–Crippen LogP) is 0.747. The Balaban J connectivity index is 2.89. The Kier molecular flexibility index (Phi) is 7.71. The van der Waals surface area contributed by atoms with Gasteiger partial charge in [-0.2, -0.15) is 0 Å². The number of methoxy groups -OCH3 is 3. The Morgan fingerprint density at radius 1 is 1.00 bits per heavy atom. The second-order valence-corrected chi connectivity index (χ2v) is 5.59. The molecule has 8 heteroatoms. The summed E-state index contributed by atoms with van der Waals surface area (Å²) in [4.78, 5) is 35.9. The van der Waals surface area contributed by atoms with Crippen molar-refractivity contribution in [2.45, 2.75) is 19.9 Å². The topological polar surface area (TPSA) is 103 Å². The van der Waals surface area contributed by atoms with E-state index in [-0.39, 0.29) is 12.5 Å². The van der Waals surface area contributed by atoms with Crippen molar-refractivity contribution in [2.75, 3.05) is 27.9 Å². The molecule has 1 aromatic rings. The van der Waals surface area contributed by atoms with Crippen molar-refractivity contribution >= 4 is 17.8 Å². The van der Waals surface area contributed by atoms with Gasteiger partial charge in [0.1, 0.15) is 24.1 Å². The van der Waals surface area contributed by atoms with Crippen LogP contribution in [0.4, 0.5) is 0 Å². The van der Waals surface area contributed by atoms with Crippen LogP contribution in [0.15, 0.2) is 18.2 Å². The summed E-state index contributed by atoms with van der Waals surface area (Å²) in [5.41, 5.74) is 0.294. The van der Waals surface area contributed by atoms with Gasteiger partial charge in [0.05, 0.1) is 21.3 Å². The molecule has 2 N–H and O–H groups in total. The first-order valence-electron chi connectivity index (χ1n) is 7.70. The molecule has 2 amide bonds. The maximum atomic E-state index is 12.5. The van der Waals surface area contributed by atoms with E-state index in [4.69, 9.17) is 9.47 Å². The fourth-order valence-electron chi connectivity index (χ4n) is 2.04. The smallest absolute Gasteiger partial charge is 0.325 e. The van der Waals surface area contributed by atoms with Crippen molar-refractivity contribution in [3.8, 4) is 11.5 Å². The summed E-state index contributed by atoms with van der Waals surface area (Å²) in [5, 5.41) is 5.10. The zero-order chi connectivity index (χ0) is 19.0. The number of carbonyl (C=O) groups is 3. The molecular weight excluding hydrogens is 328 g/mol. The summed E-state index contributed by atoms with van der Waals surface area (Å²) in [7, 11) is 4.19. The number of esters is 1. The minimum Gasteiger partial charge on any atom is -0.497 e. The molecule has 0 saturated carbocycles. The fourth-order valence-corrected chi connectivity index (χ4v) is 2.04. The third-order valence-electron chi connectivity index (χ3n) is 3.48. The molecule has 0 radical (unpaired) electrons. The Morgan fingerprint density at radius 2 is 1.56 bits per heavy atom. The first-order valence-corrected chi connectivity index (χ1v) is 7.70. The number of hydrogen-bond acceptors (Lipinski definition) is 6. The maximum absolute atomic E-state index is 12.5. The molecule has 0 spiro atoms. The highest BCUT2D eigenvalue weighted by Gasteiger charge is 2.25. The highest BCUT2D eigenvalue weighted by Crippen LogP contribution is 2.22. The molecule has 1 rings (SSSR count). The lowest BCUT2D eigenvalue weighted by Gasteiger charge is -2.21. The number of carbonyl (C=O) groups excluding carboxylic acids is 3. The number of nitrogens with one attached hydrogen (secondary N) is 2. The quantitative estimate of drug-likeness (QED) is 0.669. The number of ether oxygens (including phenoxy) is 3. The molecule has 1 aromatic carbocycles. The van der Waals surface area contributed by atoms with Crippen LogP contribution in [0, 0.1) is 5.92 Å². The average molecular weight is 352 g/mol. The molecule has 0 bridgehead atoms. The molecule has 138 valence electrons. The van der Waals surface area contributed by atoms with Gasteiger partial charge in [-0.05, 0) is 18.1 Å². The van der Waals surface area contributed by atoms with E-state index in [1.165, 1.54) is 21.3 Å². The Morgan fingerprint density at radius 3 is 2.00 bits per heavy atom. The van der Waals surface area contributed by atoms with E-state index in [0.29, 0.717) is 17.1 Å². The molecule has 8 nitrogen and oxygen atoms in total. The van der Waals surface area contributed by atoms with Crippen LogP contribution in [0.25, 0.3) is 0 Å². The minimum atomic E-state index is -0.811. The second-order valence-electron chi connectivity index (χ2n) is 5.59. The van der Waals surface area contributed by atoms with Crippen LogP contribution in [0.1, 0.15) is 24.2 Å². The maximum Gasteiger partial charge on any atom is 0.325 e. The Labute approximate surface area is 146 Å². The van der Waals surface area contributed by atoms with Crippen LogP contribution in [0.2, 0.25) is 0 Å². The van der Waals surface area contributed by atoms with Crippen molar-refractivity contribution in [1.29, 1.82) is 0 Å². The Bertz CT molecular complexity index is 607. The third-order valence-corrected chi connectivity index (χ3v) is 3.48. The van der Waals surface area contributed by atoms with Crippen molar-refractivity contribution < 1.29 is 28.6 Å². The summed E-state index contributed by atoms with van der Waals surface area (Å²) < 4.78 is 14.7. The zero-order valence-electron chi connectivity index (χ0n) is 15.0. The van der Waals surface area contributed by atoms with Crippen LogP contribution in [-0.4, -0.2) is 51.7 Å². The Hall–Kier alpha value is -2.77. The fraction of sp³-hybridized carbons (Fsp3) is 0.471. The first-order chi connectivity index (χ1) is 11.8. The third kappa shape index (κ3) is 5.98. The largest absolute Gasteiger partial charge is 0.497 e. The predicted molar refractivity (Wildman–Crippen MR) is 90.7 cm³/mol. The lowest BCUT2D eigenvalue weighted by atomic mass is 10.0. The van der Waals surface area contributed by atoms with Crippen LogP contribution in [0.3, 0.4) is 0 Å². The molecule has 0 aromatic heterocycles. The number of hydrogen-bond donors (Lipinski definition) is 2. The minimum absolute atomic E-state index is 0.186. The van der Waals surface area contributed by atoms with Crippen molar-refractivity contribution in [1.82, 2.24) is 10.6 Å². The van der Waals surface area contributed by atoms with E-state index in [2.05, 4.69) is 15.4 Å². The van der Waals surface area contributed by atoms with Crippen LogP contribution in [-0.2, 0) is 14.3 Å². The highest BCUT2D eigenvalue weighted by molar-refractivity contribution is 5.98. The van der Waals surface area contributed by atoms with Gasteiger partial charge in [0, 0.05) is 11.6 Å². The van der Waals surface area contributed by atoms with Gasteiger partial charge in [0.2, 0.25) is 5.91 Å². The summed E-state index contributed by atoms with van der Waals surface area (Å²) in [6.07, 6.45) is 0. The average Bonchev–Trinajstić information content (AvgIpc) is 2.62. The van der Waals surface area contributed by atoms with E-state index in [1.807, 2.05) is 0 Å². The zero-order valence-corrected chi connectivity index (χ0v) is 15.0. The molecule has 0 aliphatic rings. The summed E-state index contributed by atoms with van der Waals surface area (Å²) in [6.45, 7) is 3.31. The van der Waals surface area contributed by atoms with Crippen LogP contribution < -0.4 is 20.1 Å². The standard InChI is InChI=1S/C17H24N2O6/c1-10(2)15(17(22)18-9-14(20)25-5)19-16(21)11-6-12(23-3)8-13(7-11)24-4/h6-8,10,15H,9H2,1-5H3,(H,18,22)(H,19,21)/t15-/m1/s1. The second kappa shape index (κ2) is 9.51. The van der Waals surface area contributed by atoms with Crippen LogP contribution >= 0.6 is 0 Å². The summed E-state index contributed by atoms with van der Waals surface area (Å²) >= 11 is 0. The number of rotatable bonds is 8. The van der Waals surface area contributed by atoms with E-state index in [0.717, 1.165) is 0 Å². The number of benzene rings is 1. The molecule has 0 heterocycles. The van der Waals surface area contributed by atoms with Gasteiger partial charge >= 0.3 is 5.97 Å². The molecule has 0 aliphatic heterocycles. The van der Waals surface area contributed by atoms with Crippen molar-refractivity contribution in [3.05, 3.63) is 23.8 Å². The highest BCUT2D eigenvalue weighted by atomic mass is 16.5. The van der Waals surface area contributed by atoms with Gasteiger partial charge in [-0.25, -0.2) is 0 Å². The van der Waals surface area contributed by atoms with Gasteiger partial charge in [-0.1, -0.05) is 13.8 Å². The molecule has 0 unspecified atom stereocenters. The van der Waals surface area contributed by atoms with E-state index in [9.17, 15) is 14.4 Å². The molecular formula is C17H24N2O6. The van der Waals surface area contributed by atoms with E-state index < -0.39 is 23.8 Å².